The van der Waals surface area contributed by atoms with Crippen molar-refractivity contribution in [3.8, 4) is 0 Å². The van der Waals surface area contributed by atoms with Gasteiger partial charge in [0, 0.05) is 25.2 Å². The molecule has 1 rings (SSSR count). The van der Waals surface area contributed by atoms with Crippen molar-refractivity contribution in [3.63, 3.8) is 0 Å². The Labute approximate surface area is 115 Å². The van der Waals surface area contributed by atoms with E-state index in [9.17, 15) is 8.42 Å². The quantitative estimate of drug-likeness (QED) is 0.790. The standard InChI is InChI=1S/C12H24N4O2S/c1-6-13-7-11-8-14-15-12(11)19(17,18)16(5)10(4)9(2)3/h8-10,13H,6-7H2,1-5H3,(H,14,15). The molecule has 0 fully saturated rings. The molecule has 0 aliphatic carbocycles. The van der Waals surface area contributed by atoms with Crippen LogP contribution >= 0.6 is 0 Å². The van der Waals surface area contributed by atoms with E-state index in [1.807, 2.05) is 27.7 Å². The van der Waals surface area contributed by atoms with E-state index in [1.54, 1.807) is 13.2 Å². The number of hydrogen-bond acceptors (Lipinski definition) is 4. The Balaban J connectivity index is 3.03. The van der Waals surface area contributed by atoms with Gasteiger partial charge in [-0.25, -0.2) is 8.42 Å². The van der Waals surface area contributed by atoms with Gasteiger partial charge in [-0.15, -0.1) is 0 Å². The molecule has 7 heteroatoms. The minimum Gasteiger partial charge on any atom is -0.313 e. The fourth-order valence-corrected chi connectivity index (χ4v) is 3.28. The third kappa shape index (κ3) is 3.55. The van der Waals surface area contributed by atoms with Crippen LogP contribution in [0.15, 0.2) is 11.2 Å². The highest BCUT2D eigenvalue weighted by molar-refractivity contribution is 7.89. The van der Waals surface area contributed by atoms with Crippen LogP contribution < -0.4 is 5.32 Å². The highest BCUT2D eigenvalue weighted by Crippen LogP contribution is 2.21. The number of hydrogen-bond donors (Lipinski definition) is 2. The van der Waals surface area contributed by atoms with Crippen molar-refractivity contribution in [2.45, 2.75) is 45.3 Å². The molecule has 19 heavy (non-hydrogen) atoms. The average Bonchev–Trinajstić information content (AvgIpc) is 2.83. The molecular formula is C12H24N4O2S. The van der Waals surface area contributed by atoms with Crippen LogP contribution in [0.1, 0.15) is 33.3 Å². The summed E-state index contributed by atoms with van der Waals surface area (Å²) >= 11 is 0. The fourth-order valence-electron chi connectivity index (χ4n) is 1.69. The van der Waals surface area contributed by atoms with Crippen molar-refractivity contribution in [3.05, 3.63) is 11.8 Å². The van der Waals surface area contributed by atoms with Crippen LogP contribution in [0.25, 0.3) is 0 Å². The van der Waals surface area contributed by atoms with Crippen LogP contribution in [0.5, 0.6) is 0 Å². The van der Waals surface area contributed by atoms with E-state index < -0.39 is 10.0 Å². The molecule has 0 spiro atoms. The van der Waals surface area contributed by atoms with Crippen molar-refractivity contribution >= 4 is 10.0 Å². The maximum Gasteiger partial charge on any atom is 0.260 e. The zero-order valence-corrected chi connectivity index (χ0v) is 13.1. The van der Waals surface area contributed by atoms with Crippen molar-refractivity contribution in [2.75, 3.05) is 13.6 Å². The van der Waals surface area contributed by atoms with Crippen molar-refractivity contribution in [1.82, 2.24) is 19.8 Å². The second-order valence-corrected chi connectivity index (χ2v) is 6.94. The maximum absolute atomic E-state index is 12.6. The minimum atomic E-state index is -3.53. The van der Waals surface area contributed by atoms with E-state index in [4.69, 9.17) is 0 Å². The van der Waals surface area contributed by atoms with Crippen LogP contribution in [-0.4, -0.2) is 42.6 Å². The Morgan fingerprint density at radius 3 is 2.58 bits per heavy atom. The second kappa shape index (κ2) is 6.49. The number of nitrogens with one attached hydrogen (secondary N) is 2. The number of rotatable bonds is 7. The smallest absolute Gasteiger partial charge is 0.260 e. The Morgan fingerprint density at radius 2 is 2.05 bits per heavy atom. The summed E-state index contributed by atoms with van der Waals surface area (Å²) in [6.45, 7) is 9.16. The Morgan fingerprint density at radius 1 is 1.42 bits per heavy atom. The number of aromatic nitrogens is 2. The van der Waals surface area contributed by atoms with Gasteiger partial charge in [-0.1, -0.05) is 20.8 Å². The van der Waals surface area contributed by atoms with E-state index >= 15 is 0 Å². The molecular weight excluding hydrogens is 264 g/mol. The molecule has 1 unspecified atom stereocenters. The van der Waals surface area contributed by atoms with Gasteiger partial charge in [0.25, 0.3) is 10.0 Å². The number of nitrogens with zero attached hydrogens (tertiary/aromatic N) is 2. The summed E-state index contributed by atoms with van der Waals surface area (Å²) in [7, 11) is -1.92. The number of H-pyrrole nitrogens is 1. The molecule has 0 bridgehead atoms. The first-order valence-corrected chi connectivity index (χ1v) is 7.97. The zero-order valence-electron chi connectivity index (χ0n) is 12.3. The molecule has 0 saturated heterocycles. The highest BCUT2D eigenvalue weighted by Gasteiger charge is 2.30. The lowest BCUT2D eigenvalue weighted by molar-refractivity contribution is 0.314. The van der Waals surface area contributed by atoms with Crippen LogP contribution in [0.4, 0.5) is 0 Å². The molecule has 1 atom stereocenters. The summed E-state index contributed by atoms with van der Waals surface area (Å²) in [5.41, 5.74) is 0.671. The Hall–Kier alpha value is -0.920. The van der Waals surface area contributed by atoms with Crippen LogP contribution in [0.2, 0.25) is 0 Å². The molecule has 1 aromatic heterocycles. The highest BCUT2D eigenvalue weighted by atomic mass is 32.2. The van der Waals surface area contributed by atoms with Crippen LogP contribution in [0, 0.1) is 5.92 Å². The lowest BCUT2D eigenvalue weighted by Gasteiger charge is -2.26. The summed E-state index contributed by atoms with van der Waals surface area (Å²) in [6, 6.07) is -0.0692. The summed E-state index contributed by atoms with van der Waals surface area (Å²) in [5.74, 6) is 0.250. The molecule has 6 nitrogen and oxygen atoms in total. The summed E-state index contributed by atoms with van der Waals surface area (Å²) in [5, 5.41) is 9.76. The first-order valence-electron chi connectivity index (χ1n) is 6.53. The predicted octanol–water partition coefficient (Wildman–Crippen LogP) is 1.18. The molecule has 0 saturated carbocycles. The van der Waals surface area contributed by atoms with E-state index in [-0.39, 0.29) is 17.0 Å². The topological polar surface area (TPSA) is 78.1 Å². The first-order chi connectivity index (χ1) is 8.82. The van der Waals surface area contributed by atoms with Gasteiger partial charge >= 0.3 is 0 Å². The molecule has 2 N–H and O–H groups in total. The SMILES string of the molecule is CCNCc1cn[nH]c1S(=O)(=O)N(C)C(C)C(C)C. The third-order valence-corrected chi connectivity index (χ3v) is 5.38. The van der Waals surface area contributed by atoms with Crippen LogP contribution in [-0.2, 0) is 16.6 Å². The normalized spacial score (nSPS) is 14.3. The van der Waals surface area contributed by atoms with Crippen molar-refractivity contribution < 1.29 is 8.42 Å². The van der Waals surface area contributed by atoms with E-state index in [2.05, 4.69) is 15.5 Å². The Bertz CT molecular complexity index is 496. The van der Waals surface area contributed by atoms with Crippen molar-refractivity contribution in [1.29, 1.82) is 0 Å². The van der Waals surface area contributed by atoms with E-state index in [0.29, 0.717) is 12.1 Å². The Kier molecular flexibility index (Phi) is 5.51. The number of sulfonamides is 1. The third-order valence-electron chi connectivity index (χ3n) is 3.42. The van der Waals surface area contributed by atoms with Gasteiger partial charge in [0.15, 0.2) is 5.03 Å². The summed E-state index contributed by atoms with van der Waals surface area (Å²) < 4.78 is 26.5. The molecule has 0 aliphatic heterocycles. The summed E-state index contributed by atoms with van der Waals surface area (Å²) in [6.07, 6.45) is 1.56. The first kappa shape index (κ1) is 16.1. The second-order valence-electron chi connectivity index (χ2n) is 5.01. The summed E-state index contributed by atoms with van der Waals surface area (Å²) in [4.78, 5) is 0. The molecule has 0 aliphatic rings. The lowest BCUT2D eigenvalue weighted by atomic mass is 10.1. The molecule has 0 aromatic carbocycles. The van der Waals surface area contributed by atoms with E-state index in [0.717, 1.165) is 6.54 Å². The number of aromatic amines is 1. The molecule has 110 valence electrons. The van der Waals surface area contributed by atoms with Gasteiger partial charge in [0.2, 0.25) is 0 Å². The zero-order chi connectivity index (χ0) is 14.6. The molecule has 0 radical (unpaired) electrons. The fraction of sp³-hybridized carbons (Fsp3) is 0.750. The average molecular weight is 288 g/mol. The lowest BCUT2D eigenvalue weighted by Crippen LogP contribution is -2.38. The van der Waals surface area contributed by atoms with Gasteiger partial charge in [-0.05, 0) is 19.4 Å². The van der Waals surface area contributed by atoms with Crippen molar-refractivity contribution in [2.24, 2.45) is 5.92 Å². The van der Waals surface area contributed by atoms with Gasteiger partial charge < -0.3 is 5.32 Å². The van der Waals surface area contributed by atoms with Gasteiger partial charge in [-0.3, -0.25) is 5.10 Å². The van der Waals surface area contributed by atoms with Gasteiger partial charge in [-0.2, -0.15) is 9.40 Å². The van der Waals surface area contributed by atoms with Gasteiger partial charge in [0.05, 0.1) is 6.20 Å². The minimum absolute atomic E-state index is 0.0692. The predicted molar refractivity (Wildman–Crippen MR) is 75.2 cm³/mol. The molecule has 1 heterocycles. The largest absolute Gasteiger partial charge is 0.313 e. The van der Waals surface area contributed by atoms with E-state index in [1.165, 1.54) is 4.31 Å². The van der Waals surface area contributed by atoms with Crippen LogP contribution in [0.3, 0.4) is 0 Å². The maximum atomic E-state index is 12.6. The van der Waals surface area contributed by atoms with Gasteiger partial charge in [0.1, 0.15) is 0 Å². The molecule has 1 aromatic rings. The monoisotopic (exact) mass is 288 g/mol. The molecule has 0 amide bonds.